The van der Waals surface area contributed by atoms with Crippen molar-refractivity contribution in [2.75, 3.05) is 6.61 Å². The summed E-state index contributed by atoms with van der Waals surface area (Å²) < 4.78 is 0. The minimum atomic E-state index is 0.241. The third-order valence-corrected chi connectivity index (χ3v) is 3.86. The molecule has 1 aromatic carbocycles. The van der Waals surface area contributed by atoms with Crippen LogP contribution >= 0.6 is 11.8 Å². The molecule has 2 N–H and O–H groups in total. The quantitative estimate of drug-likeness (QED) is 0.740. The van der Waals surface area contributed by atoms with Crippen LogP contribution in [0, 0.1) is 0 Å². The van der Waals surface area contributed by atoms with E-state index < -0.39 is 0 Å². The van der Waals surface area contributed by atoms with Gasteiger partial charge in [-0.1, -0.05) is 26.0 Å². The molecule has 0 aliphatic rings. The molecule has 0 fully saturated rings. The Balaban J connectivity index is 2.55. The van der Waals surface area contributed by atoms with E-state index in [1.165, 1.54) is 10.5 Å². The lowest BCUT2D eigenvalue weighted by Crippen LogP contribution is -2.29. The summed E-state index contributed by atoms with van der Waals surface area (Å²) in [5, 5.41) is 13.0. The first-order valence-corrected chi connectivity index (χ1v) is 7.54. The third-order valence-electron chi connectivity index (χ3n) is 2.85. The number of thioether (sulfide) groups is 1. The highest BCUT2D eigenvalue weighted by Gasteiger charge is 2.09. The van der Waals surface area contributed by atoms with Crippen LogP contribution in [0.1, 0.15) is 45.7 Å². The molecule has 1 aromatic rings. The van der Waals surface area contributed by atoms with Gasteiger partial charge >= 0.3 is 0 Å². The number of aliphatic hydroxyl groups is 1. The maximum Gasteiger partial charge on any atom is 0.0445 e. The van der Waals surface area contributed by atoms with Crippen LogP contribution in [0.15, 0.2) is 29.2 Å². The van der Waals surface area contributed by atoms with Crippen LogP contribution in [0.5, 0.6) is 0 Å². The standard InChI is InChI=1S/C15H25NOS/c1-11(2)18-15-7-5-14(6-8-15)13(4)16-12(3)9-10-17/h5-8,11-13,16-17H,9-10H2,1-4H3/t12-,13?/m1/s1. The first-order chi connectivity index (χ1) is 8.52. The Morgan fingerprint density at radius 1 is 1.11 bits per heavy atom. The van der Waals surface area contributed by atoms with Gasteiger partial charge in [-0.25, -0.2) is 0 Å². The molecule has 0 saturated carbocycles. The summed E-state index contributed by atoms with van der Waals surface area (Å²) in [7, 11) is 0. The Morgan fingerprint density at radius 3 is 2.22 bits per heavy atom. The number of aliphatic hydroxyl groups excluding tert-OH is 1. The van der Waals surface area contributed by atoms with Crippen molar-refractivity contribution in [3.05, 3.63) is 29.8 Å². The van der Waals surface area contributed by atoms with Crippen LogP contribution in [0.25, 0.3) is 0 Å². The normalized spacial score (nSPS) is 14.8. The van der Waals surface area contributed by atoms with E-state index in [4.69, 9.17) is 5.11 Å². The smallest absolute Gasteiger partial charge is 0.0445 e. The maximum absolute atomic E-state index is 8.90. The number of hydrogen-bond acceptors (Lipinski definition) is 3. The molecule has 3 heteroatoms. The fraction of sp³-hybridized carbons (Fsp3) is 0.600. The summed E-state index contributed by atoms with van der Waals surface area (Å²) in [6.45, 7) is 8.93. The van der Waals surface area contributed by atoms with Gasteiger partial charge in [0, 0.05) is 28.8 Å². The number of rotatable bonds is 7. The Morgan fingerprint density at radius 2 is 1.72 bits per heavy atom. The lowest BCUT2D eigenvalue weighted by molar-refractivity contribution is 0.264. The van der Waals surface area contributed by atoms with Gasteiger partial charge in [-0.15, -0.1) is 11.8 Å². The molecule has 0 saturated heterocycles. The lowest BCUT2D eigenvalue weighted by Gasteiger charge is -2.20. The second-order valence-electron chi connectivity index (χ2n) is 5.04. The van der Waals surface area contributed by atoms with Crippen molar-refractivity contribution in [3.63, 3.8) is 0 Å². The third kappa shape index (κ3) is 5.42. The topological polar surface area (TPSA) is 32.3 Å². The van der Waals surface area contributed by atoms with Gasteiger partial charge in [0.15, 0.2) is 0 Å². The SMILES string of the molecule is CC(C)Sc1ccc(C(C)N[C@H](C)CCO)cc1. The van der Waals surface area contributed by atoms with Gasteiger partial charge in [-0.2, -0.15) is 0 Å². The largest absolute Gasteiger partial charge is 0.396 e. The zero-order valence-corrected chi connectivity index (χ0v) is 12.6. The van der Waals surface area contributed by atoms with E-state index >= 15 is 0 Å². The van der Waals surface area contributed by atoms with Crippen LogP contribution in [-0.4, -0.2) is 23.0 Å². The molecule has 0 bridgehead atoms. The van der Waals surface area contributed by atoms with Gasteiger partial charge in [0.1, 0.15) is 0 Å². The van der Waals surface area contributed by atoms with Gasteiger partial charge in [0.2, 0.25) is 0 Å². The van der Waals surface area contributed by atoms with Crippen LogP contribution in [0.4, 0.5) is 0 Å². The average molecular weight is 267 g/mol. The molecule has 0 aliphatic heterocycles. The molecular weight excluding hydrogens is 242 g/mol. The summed E-state index contributed by atoms with van der Waals surface area (Å²) in [5.74, 6) is 0. The molecular formula is C15H25NOS. The highest BCUT2D eigenvalue weighted by molar-refractivity contribution is 7.99. The van der Waals surface area contributed by atoms with Crippen molar-refractivity contribution < 1.29 is 5.11 Å². The van der Waals surface area contributed by atoms with E-state index in [0.717, 1.165) is 6.42 Å². The Kier molecular flexibility index (Phi) is 6.76. The van der Waals surface area contributed by atoms with Crippen LogP contribution in [-0.2, 0) is 0 Å². The Hall–Kier alpha value is -0.510. The van der Waals surface area contributed by atoms with Crippen LogP contribution in [0.3, 0.4) is 0 Å². The number of hydrogen-bond donors (Lipinski definition) is 2. The van der Waals surface area contributed by atoms with Crippen molar-refractivity contribution >= 4 is 11.8 Å². The van der Waals surface area contributed by atoms with E-state index in [9.17, 15) is 0 Å². The summed E-state index contributed by atoms with van der Waals surface area (Å²) in [6, 6.07) is 9.42. The van der Waals surface area contributed by atoms with Crippen molar-refractivity contribution in [2.24, 2.45) is 0 Å². The van der Waals surface area contributed by atoms with E-state index in [0.29, 0.717) is 17.3 Å². The molecule has 0 heterocycles. The van der Waals surface area contributed by atoms with E-state index in [2.05, 4.69) is 57.3 Å². The fourth-order valence-corrected chi connectivity index (χ4v) is 2.74. The first-order valence-electron chi connectivity index (χ1n) is 6.66. The van der Waals surface area contributed by atoms with Gasteiger partial charge in [-0.05, 0) is 38.0 Å². The minimum absolute atomic E-state index is 0.241. The monoisotopic (exact) mass is 267 g/mol. The van der Waals surface area contributed by atoms with E-state index in [-0.39, 0.29) is 6.61 Å². The van der Waals surface area contributed by atoms with Gasteiger partial charge in [0.05, 0.1) is 0 Å². The van der Waals surface area contributed by atoms with Gasteiger partial charge in [0.25, 0.3) is 0 Å². The molecule has 0 aliphatic carbocycles. The van der Waals surface area contributed by atoms with Crippen molar-refractivity contribution in [2.45, 2.75) is 56.3 Å². The molecule has 102 valence electrons. The maximum atomic E-state index is 8.90. The average Bonchev–Trinajstić information content (AvgIpc) is 2.29. The van der Waals surface area contributed by atoms with Gasteiger partial charge < -0.3 is 10.4 Å². The van der Waals surface area contributed by atoms with Crippen LogP contribution < -0.4 is 5.32 Å². The van der Waals surface area contributed by atoms with E-state index in [1.54, 1.807) is 0 Å². The first kappa shape index (κ1) is 15.5. The van der Waals surface area contributed by atoms with Crippen LogP contribution in [0.2, 0.25) is 0 Å². The lowest BCUT2D eigenvalue weighted by atomic mass is 10.1. The highest BCUT2D eigenvalue weighted by Crippen LogP contribution is 2.24. The predicted octanol–water partition coefficient (Wildman–Crippen LogP) is 3.61. The molecule has 0 radical (unpaired) electrons. The molecule has 18 heavy (non-hydrogen) atoms. The molecule has 0 spiro atoms. The summed E-state index contributed by atoms with van der Waals surface area (Å²) in [5.41, 5.74) is 1.30. The summed E-state index contributed by atoms with van der Waals surface area (Å²) in [6.07, 6.45) is 0.797. The predicted molar refractivity (Wildman–Crippen MR) is 80.2 cm³/mol. The van der Waals surface area contributed by atoms with Gasteiger partial charge in [-0.3, -0.25) is 0 Å². The molecule has 1 unspecified atom stereocenters. The molecule has 0 amide bonds. The zero-order valence-electron chi connectivity index (χ0n) is 11.8. The summed E-state index contributed by atoms with van der Waals surface area (Å²) >= 11 is 1.89. The number of nitrogens with one attached hydrogen (secondary N) is 1. The zero-order chi connectivity index (χ0) is 13.5. The molecule has 2 atom stereocenters. The summed E-state index contributed by atoms with van der Waals surface area (Å²) in [4.78, 5) is 1.32. The molecule has 2 nitrogen and oxygen atoms in total. The Labute approximate surface area is 115 Å². The minimum Gasteiger partial charge on any atom is -0.396 e. The van der Waals surface area contributed by atoms with Crippen molar-refractivity contribution in [1.82, 2.24) is 5.32 Å². The van der Waals surface area contributed by atoms with E-state index in [1.807, 2.05) is 11.8 Å². The second-order valence-corrected chi connectivity index (χ2v) is 6.69. The molecule has 1 rings (SSSR count). The highest BCUT2D eigenvalue weighted by atomic mass is 32.2. The van der Waals surface area contributed by atoms with Crippen molar-refractivity contribution in [1.29, 1.82) is 0 Å². The Bertz CT molecular complexity index is 337. The van der Waals surface area contributed by atoms with Crippen molar-refractivity contribution in [3.8, 4) is 0 Å². The number of benzene rings is 1. The molecule has 0 aromatic heterocycles. The fourth-order valence-electron chi connectivity index (χ4n) is 1.91. The second kappa shape index (κ2) is 7.82.